The van der Waals surface area contributed by atoms with Crippen LogP contribution in [0.1, 0.15) is 13.8 Å². The fourth-order valence-electron chi connectivity index (χ4n) is 1.40. The Kier molecular flexibility index (Phi) is 9.16. The van der Waals surface area contributed by atoms with E-state index in [1.54, 1.807) is 31.2 Å². The fourth-order valence-corrected chi connectivity index (χ4v) is 1.40. The molecule has 0 heterocycles. The van der Waals surface area contributed by atoms with Crippen molar-refractivity contribution < 1.29 is 14.3 Å². The van der Waals surface area contributed by atoms with Crippen molar-refractivity contribution in [2.75, 3.05) is 25.0 Å². The fraction of sp³-hybridized carbons (Fsp3) is 0.429. The van der Waals surface area contributed by atoms with E-state index in [9.17, 15) is 9.59 Å². The first-order valence-electron chi connectivity index (χ1n) is 6.57. The van der Waals surface area contributed by atoms with E-state index in [2.05, 4.69) is 10.6 Å². The first-order chi connectivity index (χ1) is 9.56. The Morgan fingerprint density at radius 3 is 2.43 bits per heavy atom. The van der Waals surface area contributed by atoms with E-state index in [0.29, 0.717) is 24.5 Å². The summed E-state index contributed by atoms with van der Waals surface area (Å²) in [5.41, 5.74) is 6.09. The van der Waals surface area contributed by atoms with E-state index in [-0.39, 0.29) is 36.7 Å². The summed E-state index contributed by atoms with van der Waals surface area (Å²) < 4.78 is 5.30. The van der Waals surface area contributed by atoms with Crippen molar-refractivity contribution in [1.82, 2.24) is 5.32 Å². The minimum absolute atomic E-state index is 0. The van der Waals surface area contributed by atoms with Gasteiger partial charge in [0, 0.05) is 24.7 Å². The van der Waals surface area contributed by atoms with Gasteiger partial charge in [0.1, 0.15) is 5.75 Å². The van der Waals surface area contributed by atoms with Gasteiger partial charge in [-0.2, -0.15) is 0 Å². The van der Waals surface area contributed by atoms with Gasteiger partial charge in [-0.1, -0.05) is 6.92 Å². The average molecular weight is 316 g/mol. The number of anilines is 1. The summed E-state index contributed by atoms with van der Waals surface area (Å²) >= 11 is 0. The second-order valence-corrected chi connectivity index (χ2v) is 4.39. The molecule has 1 atom stereocenters. The summed E-state index contributed by atoms with van der Waals surface area (Å²) in [6.07, 6.45) is 0. The highest BCUT2D eigenvalue weighted by atomic mass is 35.5. The van der Waals surface area contributed by atoms with Crippen molar-refractivity contribution >= 4 is 29.9 Å². The minimum atomic E-state index is -0.233. The topological polar surface area (TPSA) is 93.5 Å². The highest BCUT2D eigenvalue weighted by Crippen LogP contribution is 2.16. The number of nitrogens with one attached hydrogen (secondary N) is 2. The van der Waals surface area contributed by atoms with Gasteiger partial charge in [0.2, 0.25) is 5.91 Å². The molecule has 0 saturated heterocycles. The van der Waals surface area contributed by atoms with Gasteiger partial charge in [-0.15, -0.1) is 12.4 Å². The molecule has 0 aliphatic heterocycles. The summed E-state index contributed by atoms with van der Waals surface area (Å²) in [6, 6.07) is 6.83. The van der Waals surface area contributed by atoms with Gasteiger partial charge in [0.15, 0.2) is 6.61 Å². The largest absolute Gasteiger partial charge is 0.484 e. The van der Waals surface area contributed by atoms with Crippen LogP contribution in [0, 0.1) is 5.92 Å². The van der Waals surface area contributed by atoms with E-state index in [1.807, 2.05) is 6.92 Å². The van der Waals surface area contributed by atoms with Crippen molar-refractivity contribution in [3.8, 4) is 5.75 Å². The maximum absolute atomic E-state index is 11.6. The Labute approximate surface area is 130 Å². The van der Waals surface area contributed by atoms with Gasteiger partial charge < -0.3 is 21.1 Å². The molecular formula is C14H22ClN3O3. The molecule has 2 amide bonds. The molecule has 0 aromatic heterocycles. The number of hydrogen-bond donors (Lipinski definition) is 3. The number of ether oxygens (including phenoxy) is 1. The number of carbonyl (C=O) groups is 2. The van der Waals surface area contributed by atoms with Crippen LogP contribution < -0.4 is 21.1 Å². The van der Waals surface area contributed by atoms with Crippen LogP contribution in [0.5, 0.6) is 5.75 Å². The zero-order valence-corrected chi connectivity index (χ0v) is 13.0. The number of carbonyl (C=O) groups excluding carboxylic acids is 2. The predicted molar refractivity (Wildman–Crippen MR) is 84.7 cm³/mol. The Hall–Kier alpha value is -1.79. The molecule has 1 rings (SSSR count). The number of nitrogens with two attached hydrogens (primary N) is 1. The smallest absolute Gasteiger partial charge is 0.257 e. The first kappa shape index (κ1) is 19.2. The summed E-state index contributed by atoms with van der Waals surface area (Å²) in [5.74, 6) is 0.0509. The van der Waals surface area contributed by atoms with Crippen LogP contribution in [-0.4, -0.2) is 31.5 Å². The molecule has 0 fully saturated rings. The normalized spacial score (nSPS) is 11.0. The molecule has 0 aliphatic rings. The predicted octanol–water partition coefficient (Wildman–Crippen LogP) is 1.16. The van der Waals surface area contributed by atoms with Crippen molar-refractivity contribution in [3.05, 3.63) is 24.3 Å². The van der Waals surface area contributed by atoms with E-state index >= 15 is 0 Å². The average Bonchev–Trinajstić information content (AvgIpc) is 2.46. The van der Waals surface area contributed by atoms with Crippen LogP contribution in [0.25, 0.3) is 0 Å². The quantitative estimate of drug-likeness (QED) is 0.704. The third-order valence-corrected chi connectivity index (χ3v) is 2.67. The van der Waals surface area contributed by atoms with E-state index in [4.69, 9.17) is 10.5 Å². The molecule has 1 unspecified atom stereocenters. The van der Waals surface area contributed by atoms with Gasteiger partial charge in [-0.3, -0.25) is 9.59 Å². The van der Waals surface area contributed by atoms with Gasteiger partial charge in [-0.05, 0) is 31.2 Å². The standard InChI is InChI=1S/C14H21N3O3.ClH/c1-3-16-13(18)9-20-12-6-4-11(5-7-12)17-14(19)10(2)8-15;/h4-7,10H,3,8-9,15H2,1-2H3,(H,16,18)(H,17,19);1H. The van der Waals surface area contributed by atoms with Crippen LogP contribution in [0.4, 0.5) is 5.69 Å². The lowest BCUT2D eigenvalue weighted by molar-refractivity contribution is -0.123. The van der Waals surface area contributed by atoms with Crippen LogP contribution in [0.15, 0.2) is 24.3 Å². The molecule has 21 heavy (non-hydrogen) atoms. The summed E-state index contributed by atoms with van der Waals surface area (Å²) in [6.45, 7) is 4.46. The van der Waals surface area contributed by atoms with Crippen LogP contribution >= 0.6 is 12.4 Å². The number of halogens is 1. The Bertz CT molecular complexity index is 451. The van der Waals surface area contributed by atoms with E-state index in [1.165, 1.54) is 0 Å². The van der Waals surface area contributed by atoms with Crippen LogP contribution in [0.2, 0.25) is 0 Å². The van der Waals surface area contributed by atoms with Crippen molar-refractivity contribution in [2.24, 2.45) is 11.7 Å². The molecule has 6 nitrogen and oxygen atoms in total. The van der Waals surface area contributed by atoms with Gasteiger partial charge in [-0.25, -0.2) is 0 Å². The van der Waals surface area contributed by atoms with Gasteiger partial charge in [0.25, 0.3) is 5.91 Å². The van der Waals surface area contributed by atoms with Gasteiger partial charge in [0.05, 0.1) is 0 Å². The molecule has 0 aliphatic carbocycles. The van der Waals surface area contributed by atoms with E-state index in [0.717, 1.165) is 0 Å². The number of rotatable bonds is 7. The molecule has 118 valence electrons. The highest BCUT2D eigenvalue weighted by molar-refractivity contribution is 5.92. The highest BCUT2D eigenvalue weighted by Gasteiger charge is 2.10. The number of benzene rings is 1. The first-order valence-corrected chi connectivity index (χ1v) is 6.57. The Morgan fingerprint density at radius 2 is 1.90 bits per heavy atom. The maximum Gasteiger partial charge on any atom is 0.257 e. The lowest BCUT2D eigenvalue weighted by Gasteiger charge is -2.11. The number of amides is 2. The molecule has 0 radical (unpaired) electrons. The molecule has 0 saturated carbocycles. The second-order valence-electron chi connectivity index (χ2n) is 4.39. The second kappa shape index (κ2) is 10.0. The van der Waals surface area contributed by atoms with Crippen molar-refractivity contribution in [2.45, 2.75) is 13.8 Å². The van der Waals surface area contributed by atoms with Gasteiger partial charge >= 0.3 is 0 Å². The van der Waals surface area contributed by atoms with Crippen molar-refractivity contribution in [1.29, 1.82) is 0 Å². The Morgan fingerprint density at radius 1 is 1.29 bits per heavy atom. The third-order valence-electron chi connectivity index (χ3n) is 2.67. The molecule has 1 aromatic rings. The van der Waals surface area contributed by atoms with E-state index < -0.39 is 0 Å². The zero-order valence-electron chi connectivity index (χ0n) is 12.2. The third kappa shape index (κ3) is 6.97. The monoisotopic (exact) mass is 315 g/mol. The lowest BCUT2D eigenvalue weighted by atomic mass is 10.1. The number of hydrogen-bond acceptors (Lipinski definition) is 4. The molecular weight excluding hydrogens is 294 g/mol. The SMILES string of the molecule is CCNC(=O)COc1ccc(NC(=O)C(C)CN)cc1.Cl. The molecule has 1 aromatic carbocycles. The van der Waals surface area contributed by atoms with Crippen LogP contribution in [-0.2, 0) is 9.59 Å². The zero-order chi connectivity index (χ0) is 15.0. The summed E-state index contributed by atoms with van der Waals surface area (Å²) in [7, 11) is 0. The molecule has 0 spiro atoms. The van der Waals surface area contributed by atoms with Crippen LogP contribution in [0.3, 0.4) is 0 Å². The maximum atomic E-state index is 11.6. The molecule has 4 N–H and O–H groups in total. The van der Waals surface area contributed by atoms with Crippen molar-refractivity contribution in [3.63, 3.8) is 0 Å². The number of likely N-dealkylation sites (N-methyl/N-ethyl adjacent to an activating group) is 1. The molecule has 7 heteroatoms. The Balaban J connectivity index is 0.00000400. The summed E-state index contributed by atoms with van der Waals surface area (Å²) in [4.78, 5) is 22.9. The molecule has 0 bridgehead atoms. The summed E-state index contributed by atoms with van der Waals surface area (Å²) in [5, 5.41) is 5.39. The lowest BCUT2D eigenvalue weighted by Crippen LogP contribution is -2.28. The minimum Gasteiger partial charge on any atom is -0.484 e.